The molecule has 0 saturated carbocycles. The first-order chi connectivity index (χ1) is 8.90. The van der Waals surface area contributed by atoms with Gasteiger partial charge >= 0.3 is 0 Å². The highest BCUT2D eigenvalue weighted by Gasteiger charge is 2.19. The lowest BCUT2D eigenvalue weighted by Crippen LogP contribution is -2.24. The molecule has 1 aromatic heterocycles. The first-order valence-electron chi connectivity index (χ1n) is 5.65. The van der Waals surface area contributed by atoms with Gasteiger partial charge < -0.3 is 5.73 Å². The van der Waals surface area contributed by atoms with E-state index in [4.69, 9.17) is 5.73 Å². The maximum atomic E-state index is 12.3. The predicted molar refractivity (Wildman–Crippen MR) is 76.5 cm³/mol. The number of nitrogens with two attached hydrogens (primary N) is 1. The normalized spacial score (nSPS) is 11.7. The molecule has 0 radical (unpaired) electrons. The molecule has 0 bridgehead atoms. The lowest BCUT2D eigenvalue weighted by molar-refractivity contribution is 0.580. The van der Waals surface area contributed by atoms with Gasteiger partial charge in [0.1, 0.15) is 5.01 Å². The van der Waals surface area contributed by atoms with Crippen LogP contribution in [-0.2, 0) is 16.6 Å². The van der Waals surface area contributed by atoms with Crippen LogP contribution in [0.15, 0.2) is 28.6 Å². The van der Waals surface area contributed by atoms with Crippen LogP contribution in [-0.4, -0.2) is 13.4 Å². The van der Waals surface area contributed by atoms with E-state index in [1.54, 1.807) is 32.2 Å². The zero-order chi connectivity index (χ0) is 14.0. The number of nitrogen functional groups attached to an aromatic ring is 1. The van der Waals surface area contributed by atoms with Gasteiger partial charge in [0, 0.05) is 17.3 Å². The first-order valence-corrected chi connectivity index (χ1v) is 8.01. The highest BCUT2D eigenvalue weighted by atomic mass is 32.2. The minimum Gasteiger partial charge on any atom is -0.399 e. The van der Waals surface area contributed by atoms with E-state index in [0.29, 0.717) is 21.7 Å². The molecule has 2 aromatic rings. The molecule has 0 aliphatic heterocycles. The summed E-state index contributed by atoms with van der Waals surface area (Å²) in [5, 5.41) is 2.54. The monoisotopic (exact) mass is 297 g/mol. The van der Waals surface area contributed by atoms with E-state index >= 15 is 0 Å². The Bertz CT molecular complexity index is 656. The molecule has 0 spiro atoms. The second kappa shape index (κ2) is 5.28. The summed E-state index contributed by atoms with van der Waals surface area (Å²) < 4.78 is 27.2. The van der Waals surface area contributed by atoms with Gasteiger partial charge in [0.05, 0.1) is 11.4 Å². The average molecular weight is 297 g/mol. The van der Waals surface area contributed by atoms with Gasteiger partial charge in [0.15, 0.2) is 0 Å². The number of benzene rings is 1. The Hall–Kier alpha value is -1.44. The third-order valence-corrected chi connectivity index (χ3v) is 5.13. The summed E-state index contributed by atoms with van der Waals surface area (Å²) in [5.74, 6) is 0. The van der Waals surface area contributed by atoms with Crippen LogP contribution in [0.3, 0.4) is 0 Å². The average Bonchev–Trinajstić information content (AvgIpc) is 2.77. The molecule has 1 heterocycles. The van der Waals surface area contributed by atoms with Crippen molar-refractivity contribution < 1.29 is 8.42 Å². The summed E-state index contributed by atoms with van der Waals surface area (Å²) in [6.45, 7) is 3.67. The third-order valence-electron chi connectivity index (χ3n) is 2.65. The Balaban J connectivity index is 2.29. The molecule has 0 saturated heterocycles. The number of sulfonamides is 1. The number of aryl methyl sites for hydroxylation is 2. The van der Waals surface area contributed by atoms with Crippen molar-refractivity contribution in [2.24, 2.45) is 0 Å². The summed E-state index contributed by atoms with van der Waals surface area (Å²) in [5.41, 5.74) is 7.55. The number of rotatable bonds is 4. The fourth-order valence-corrected chi connectivity index (χ4v) is 4.06. The van der Waals surface area contributed by atoms with Crippen LogP contribution in [0.2, 0.25) is 0 Å². The van der Waals surface area contributed by atoms with Gasteiger partial charge in [-0.05, 0) is 37.1 Å². The molecule has 1 aromatic carbocycles. The van der Waals surface area contributed by atoms with Gasteiger partial charge in [-0.3, -0.25) is 0 Å². The molecule has 0 atom stereocenters. The zero-order valence-electron chi connectivity index (χ0n) is 10.7. The van der Waals surface area contributed by atoms with E-state index in [9.17, 15) is 8.42 Å². The number of anilines is 1. The van der Waals surface area contributed by atoms with Crippen molar-refractivity contribution in [2.75, 3.05) is 5.73 Å². The van der Waals surface area contributed by atoms with Gasteiger partial charge in [-0.25, -0.2) is 18.1 Å². The number of hydrogen-bond acceptors (Lipinski definition) is 5. The van der Waals surface area contributed by atoms with E-state index in [1.165, 1.54) is 11.3 Å². The highest BCUT2D eigenvalue weighted by Crippen LogP contribution is 2.23. The SMILES string of the molecule is Cc1cc(N)cc(C)c1S(=O)(=O)NCc1nccs1. The summed E-state index contributed by atoms with van der Waals surface area (Å²) in [4.78, 5) is 4.33. The predicted octanol–water partition coefficient (Wildman–Crippen LogP) is 1.82. The standard InChI is InChI=1S/C12H15N3O2S2/c1-8-5-10(13)6-9(2)12(8)19(16,17)15-7-11-14-3-4-18-11/h3-6,15H,7,13H2,1-2H3. The van der Waals surface area contributed by atoms with Crippen LogP contribution in [0.4, 0.5) is 5.69 Å². The van der Waals surface area contributed by atoms with Gasteiger partial charge in [0.25, 0.3) is 0 Å². The maximum absolute atomic E-state index is 12.3. The molecule has 102 valence electrons. The molecule has 0 aliphatic carbocycles. The second-order valence-electron chi connectivity index (χ2n) is 4.23. The second-order valence-corrected chi connectivity index (χ2v) is 6.92. The topological polar surface area (TPSA) is 85.1 Å². The molecule has 0 unspecified atom stereocenters. The van der Waals surface area contributed by atoms with Crippen LogP contribution >= 0.6 is 11.3 Å². The van der Waals surface area contributed by atoms with Crippen LogP contribution in [0.25, 0.3) is 0 Å². The quantitative estimate of drug-likeness (QED) is 0.843. The summed E-state index contributed by atoms with van der Waals surface area (Å²) in [6, 6.07) is 3.32. The minimum absolute atomic E-state index is 0.198. The van der Waals surface area contributed by atoms with Crippen LogP contribution < -0.4 is 10.5 Å². The largest absolute Gasteiger partial charge is 0.399 e. The number of thiazole rings is 1. The molecule has 2 rings (SSSR count). The van der Waals surface area contributed by atoms with Crippen molar-refractivity contribution in [2.45, 2.75) is 25.3 Å². The Kier molecular flexibility index (Phi) is 3.88. The molecule has 3 N–H and O–H groups in total. The van der Waals surface area contributed by atoms with Crippen molar-refractivity contribution in [1.82, 2.24) is 9.71 Å². The maximum Gasteiger partial charge on any atom is 0.241 e. The molecular formula is C12H15N3O2S2. The first kappa shape index (κ1) is 14.0. The van der Waals surface area contributed by atoms with Crippen LogP contribution in [0, 0.1) is 13.8 Å². The van der Waals surface area contributed by atoms with Crippen molar-refractivity contribution in [1.29, 1.82) is 0 Å². The number of hydrogen-bond donors (Lipinski definition) is 2. The van der Waals surface area contributed by atoms with Crippen LogP contribution in [0.1, 0.15) is 16.1 Å². The summed E-state index contributed by atoms with van der Waals surface area (Å²) >= 11 is 1.41. The Morgan fingerprint density at radius 2 is 1.95 bits per heavy atom. The number of nitrogens with zero attached hydrogens (tertiary/aromatic N) is 1. The third kappa shape index (κ3) is 3.12. The van der Waals surface area contributed by atoms with Crippen molar-refractivity contribution in [3.8, 4) is 0 Å². The summed E-state index contributed by atoms with van der Waals surface area (Å²) in [6.07, 6.45) is 1.65. The van der Waals surface area contributed by atoms with E-state index in [-0.39, 0.29) is 6.54 Å². The molecule has 0 aliphatic rings. The molecule has 5 nitrogen and oxygen atoms in total. The van der Waals surface area contributed by atoms with Gasteiger partial charge in [-0.2, -0.15) is 0 Å². The van der Waals surface area contributed by atoms with E-state index < -0.39 is 10.0 Å². The lowest BCUT2D eigenvalue weighted by atomic mass is 10.1. The highest BCUT2D eigenvalue weighted by molar-refractivity contribution is 7.89. The fraction of sp³-hybridized carbons (Fsp3) is 0.250. The van der Waals surface area contributed by atoms with E-state index in [0.717, 1.165) is 5.01 Å². The van der Waals surface area contributed by atoms with Gasteiger partial charge in [-0.1, -0.05) is 0 Å². The minimum atomic E-state index is -3.55. The van der Waals surface area contributed by atoms with E-state index in [1.807, 2.05) is 5.38 Å². The Morgan fingerprint density at radius 1 is 1.32 bits per heavy atom. The van der Waals surface area contributed by atoms with Gasteiger partial charge in [0.2, 0.25) is 10.0 Å². The molecule has 7 heteroatoms. The molecule has 0 fully saturated rings. The Labute approximate surface area is 116 Å². The molecular weight excluding hydrogens is 282 g/mol. The smallest absolute Gasteiger partial charge is 0.241 e. The molecule has 0 amide bonds. The van der Waals surface area contributed by atoms with Gasteiger partial charge in [-0.15, -0.1) is 11.3 Å². The van der Waals surface area contributed by atoms with Crippen LogP contribution in [0.5, 0.6) is 0 Å². The number of nitrogens with one attached hydrogen (secondary N) is 1. The van der Waals surface area contributed by atoms with Crippen molar-refractivity contribution >= 4 is 27.0 Å². The summed E-state index contributed by atoms with van der Waals surface area (Å²) in [7, 11) is -3.55. The van der Waals surface area contributed by atoms with Crippen molar-refractivity contribution in [3.63, 3.8) is 0 Å². The lowest BCUT2D eigenvalue weighted by Gasteiger charge is -2.12. The fourth-order valence-electron chi connectivity index (χ4n) is 1.98. The zero-order valence-corrected chi connectivity index (χ0v) is 12.3. The van der Waals surface area contributed by atoms with E-state index in [2.05, 4.69) is 9.71 Å². The number of aromatic nitrogens is 1. The van der Waals surface area contributed by atoms with Crippen molar-refractivity contribution in [3.05, 3.63) is 39.8 Å². The molecule has 19 heavy (non-hydrogen) atoms. The Morgan fingerprint density at radius 3 is 2.47 bits per heavy atom.